The maximum absolute atomic E-state index is 13.2. The third-order valence-corrected chi connectivity index (χ3v) is 3.46. The van der Waals surface area contributed by atoms with Gasteiger partial charge in [0.2, 0.25) is 0 Å². The number of rotatable bonds is 2. The molecule has 92 valence electrons. The lowest BCUT2D eigenvalue weighted by atomic mass is 9.78. The second kappa shape index (κ2) is 4.02. The van der Waals surface area contributed by atoms with Crippen LogP contribution < -0.4 is 11.1 Å². The molecule has 1 aromatic rings. The van der Waals surface area contributed by atoms with Gasteiger partial charge in [-0.25, -0.2) is 4.39 Å². The van der Waals surface area contributed by atoms with Crippen molar-refractivity contribution >= 4 is 11.6 Å². The van der Waals surface area contributed by atoms with Crippen molar-refractivity contribution in [1.82, 2.24) is 5.32 Å². The number of hydrogen-bond acceptors (Lipinski definition) is 2. The number of anilines is 1. The Labute approximate surface area is 100 Å². The number of aryl methyl sites for hydroxylation is 1. The molecule has 1 amide bonds. The van der Waals surface area contributed by atoms with E-state index in [0.717, 1.165) is 19.3 Å². The minimum atomic E-state index is -0.478. The normalized spacial score (nSPS) is 17.4. The van der Waals surface area contributed by atoms with E-state index in [1.54, 1.807) is 6.92 Å². The smallest absolute Gasteiger partial charge is 0.252 e. The second-order valence-electron chi connectivity index (χ2n) is 5.06. The predicted molar refractivity (Wildman–Crippen MR) is 65.3 cm³/mol. The van der Waals surface area contributed by atoms with Gasteiger partial charge in [0.05, 0.1) is 5.69 Å². The molecular formula is C13H17FN2O. The molecule has 0 aromatic heterocycles. The first kappa shape index (κ1) is 11.9. The Kier molecular flexibility index (Phi) is 2.81. The molecule has 0 saturated heterocycles. The van der Waals surface area contributed by atoms with Crippen LogP contribution in [0.25, 0.3) is 0 Å². The number of carbonyl (C=O) groups is 1. The van der Waals surface area contributed by atoms with Gasteiger partial charge in [-0.2, -0.15) is 0 Å². The first-order chi connectivity index (χ1) is 7.91. The molecule has 3 nitrogen and oxygen atoms in total. The highest BCUT2D eigenvalue weighted by Gasteiger charge is 2.33. The fourth-order valence-corrected chi connectivity index (χ4v) is 2.11. The second-order valence-corrected chi connectivity index (χ2v) is 5.06. The Morgan fingerprint density at radius 3 is 2.65 bits per heavy atom. The zero-order chi connectivity index (χ0) is 12.6. The standard InChI is InChI=1S/C13H17FN2O/c1-8-6-10(14)11(15)7-9(8)12(17)16-13(2)4-3-5-13/h6-7H,3-5,15H2,1-2H3,(H,16,17). The molecule has 0 unspecified atom stereocenters. The zero-order valence-corrected chi connectivity index (χ0v) is 10.1. The van der Waals surface area contributed by atoms with Crippen LogP contribution >= 0.6 is 0 Å². The molecule has 1 aliphatic rings. The molecule has 0 atom stereocenters. The molecule has 1 aromatic carbocycles. The highest BCUT2D eigenvalue weighted by molar-refractivity contribution is 5.97. The first-order valence-corrected chi connectivity index (χ1v) is 5.79. The molecule has 1 aliphatic carbocycles. The molecule has 2 rings (SSSR count). The van der Waals surface area contributed by atoms with E-state index in [9.17, 15) is 9.18 Å². The van der Waals surface area contributed by atoms with Crippen LogP contribution in [0.1, 0.15) is 42.1 Å². The molecule has 4 heteroatoms. The number of benzene rings is 1. The Balaban J connectivity index is 2.22. The van der Waals surface area contributed by atoms with Crippen LogP contribution in [0.15, 0.2) is 12.1 Å². The van der Waals surface area contributed by atoms with Gasteiger partial charge in [-0.1, -0.05) is 0 Å². The molecule has 0 heterocycles. The largest absolute Gasteiger partial charge is 0.396 e. The van der Waals surface area contributed by atoms with Crippen molar-refractivity contribution in [2.24, 2.45) is 0 Å². The van der Waals surface area contributed by atoms with E-state index in [1.165, 1.54) is 12.1 Å². The third-order valence-electron chi connectivity index (χ3n) is 3.46. The van der Waals surface area contributed by atoms with Gasteiger partial charge in [0.1, 0.15) is 5.82 Å². The van der Waals surface area contributed by atoms with Crippen molar-refractivity contribution < 1.29 is 9.18 Å². The number of nitrogens with one attached hydrogen (secondary N) is 1. The lowest BCUT2D eigenvalue weighted by Gasteiger charge is -2.39. The van der Waals surface area contributed by atoms with Crippen molar-refractivity contribution in [2.75, 3.05) is 5.73 Å². The Hall–Kier alpha value is -1.58. The van der Waals surface area contributed by atoms with Crippen molar-refractivity contribution in [1.29, 1.82) is 0 Å². The average molecular weight is 236 g/mol. The summed E-state index contributed by atoms with van der Waals surface area (Å²) >= 11 is 0. The summed E-state index contributed by atoms with van der Waals surface area (Å²) in [7, 11) is 0. The average Bonchev–Trinajstić information content (AvgIpc) is 2.21. The first-order valence-electron chi connectivity index (χ1n) is 5.79. The highest BCUT2D eigenvalue weighted by atomic mass is 19.1. The molecule has 3 N–H and O–H groups in total. The molecular weight excluding hydrogens is 219 g/mol. The van der Waals surface area contributed by atoms with Gasteiger partial charge in [-0.3, -0.25) is 4.79 Å². The van der Waals surface area contributed by atoms with E-state index in [1.807, 2.05) is 6.92 Å². The van der Waals surface area contributed by atoms with Crippen LogP contribution in [0.2, 0.25) is 0 Å². The number of amides is 1. The fraction of sp³-hybridized carbons (Fsp3) is 0.462. The molecule has 1 fully saturated rings. The minimum Gasteiger partial charge on any atom is -0.396 e. The molecule has 0 bridgehead atoms. The summed E-state index contributed by atoms with van der Waals surface area (Å²) in [6.07, 6.45) is 3.13. The SMILES string of the molecule is Cc1cc(F)c(N)cc1C(=O)NC1(C)CCC1. The summed E-state index contributed by atoms with van der Waals surface area (Å²) in [4.78, 5) is 12.0. The minimum absolute atomic E-state index is 0.0134. The Morgan fingerprint density at radius 2 is 2.12 bits per heavy atom. The lowest BCUT2D eigenvalue weighted by molar-refractivity contribution is 0.0850. The van der Waals surface area contributed by atoms with E-state index >= 15 is 0 Å². The lowest BCUT2D eigenvalue weighted by Crippen LogP contribution is -2.51. The van der Waals surface area contributed by atoms with E-state index in [2.05, 4.69) is 5.32 Å². The van der Waals surface area contributed by atoms with Crippen molar-refractivity contribution in [2.45, 2.75) is 38.6 Å². The third kappa shape index (κ3) is 2.25. The van der Waals surface area contributed by atoms with Gasteiger partial charge in [-0.15, -0.1) is 0 Å². The fourth-order valence-electron chi connectivity index (χ4n) is 2.11. The maximum atomic E-state index is 13.2. The number of nitrogen functional groups attached to an aromatic ring is 1. The van der Waals surface area contributed by atoms with Gasteiger partial charge in [0.15, 0.2) is 0 Å². The summed E-state index contributed by atoms with van der Waals surface area (Å²) in [6, 6.07) is 2.70. The summed E-state index contributed by atoms with van der Waals surface area (Å²) in [5.74, 6) is -0.648. The van der Waals surface area contributed by atoms with Crippen molar-refractivity contribution in [3.05, 3.63) is 29.1 Å². The Morgan fingerprint density at radius 1 is 1.47 bits per heavy atom. The number of hydrogen-bond donors (Lipinski definition) is 2. The van der Waals surface area contributed by atoms with Crippen molar-refractivity contribution in [3.8, 4) is 0 Å². The van der Waals surface area contributed by atoms with Gasteiger partial charge in [0, 0.05) is 11.1 Å². The van der Waals surface area contributed by atoms with Gasteiger partial charge >= 0.3 is 0 Å². The molecule has 0 spiro atoms. The van der Waals surface area contributed by atoms with E-state index in [0.29, 0.717) is 11.1 Å². The van der Waals surface area contributed by atoms with Crippen LogP contribution in [-0.2, 0) is 0 Å². The maximum Gasteiger partial charge on any atom is 0.252 e. The summed E-state index contributed by atoms with van der Waals surface area (Å²) in [6.45, 7) is 3.73. The molecule has 0 aliphatic heterocycles. The van der Waals surface area contributed by atoms with Gasteiger partial charge in [0.25, 0.3) is 5.91 Å². The van der Waals surface area contributed by atoms with Crippen LogP contribution in [0.3, 0.4) is 0 Å². The van der Waals surface area contributed by atoms with Crippen LogP contribution in [0.4, 0.5) is 10.1 Å². The van der Waals surface area contributed by atoms with E-state index in [-0.39, 0.29) is 17.1 Å². The molecule has 1 saturated carbocycles. The van der Waals surface area contributed by atoms with Crippen LogP contribution in [0.5, 0.6) is 0 Å². The van der Waals surface area contributed by atoms with E-state index < -0.39 is 5.82 Å². The summed E-state index contributed by atoms with van der Waals surface area (Å²) in [5, 5.41) is 2.98. The topological polar surface area (TPSA) is 55.1 Å². The van der Waals surface area contributed by atoms with Crippen LogP contribution in [0, 0.1) is 12.7 Å². The summed E-state index contributed by atoms with van der Waals surface area (Å²) < 4.78 is 13.2. The molecule has 0 radical (unpaired) electrons. The van der Waals surface area contributed by atoms with Gasteiger partial charge < -0.3 is 11.1 Å². The summed E-state index contributed by atoms with van der Waals surface area (Å²) in [5.41, 5.74) is 6.46. The van der Waals surface area contributed by atoms with Crippen LogP contribution in [-0.4, -0.2) is 11.4 Å². The number of carbonyl (C=O) groups excluding carboxylic acids is 1. The van der Waals surface area contributed by atoms with E-state index in [4.69, 9.17) is 5.73 Å². The monoisotopic (exact) mass is 236 g/mol. The quantitative estimate of drug-likeness (QED) is 0.775. The number of nitrogens with two attached hydrogens (primary N) is 1. The predicted octanol–water partition coefficient (Wildman–Crippen LogP) is 2.39. The highest BCUT2D eigenvalue weighted by Crippen LogP contribution is 2.31. The zero-order valence-electron chi connectivity index (χ0n) is 10.1. The van der Waals surface area contributed by atoms with Crippen molar-refractivity contribution in [3.63, 3.8) is 0 Å². The Bertz CT molecular complexity index is 467. The number of halogens is 1. The van der Waals surface area contributed by atoms with Gasteiger partial charge in [-0.05, 0) is 50.8 Å². The molecule has 17 heavy (non-hydrogen) atoms.